The summed E-state index contributed by atoms with van der Waals surface area (Å²) in [4.78, 5) is 3.19. The minimum absolute atomic E-state index is 0. The molecule has 0 N–H and O–H groups in total. The van der Waals surface area contributed by atoms with E-state index >= 15 is 0 Å². The lowest BCUT2D eigenvalue weighted by atomic mass is 10.1. The van der Waals surface area contributed by atoms with Crippen LogP contribution < -0.4 is 4.70 Å². The van der Waals surface area contributed by atoms with Gasteiger partial charge < -0.3 is 4.70 Å². The number of hydrogen-bond acceptors (Lipinski definition) is 1. The van der Waals surface area contributed by atoms with Crippen LogP contribution in [0.25, 0.3) is 15.7 Å². The molecule has 18 heavy (non-hydrogen) atoms. The van der Waals surface area contributed by atoms with Gasteiger partial charge in [0.1, 0.15) is 0 Å². The fourth-order valence-corrected chi connectivity index (χ4v) is 1.51. The number of benzene rings is 2. The highest BCUT2D eigenvalue weighted by Gasteiger charge is 2.09. The number of rotatable bonds is 0. The van der Waals surface area contributed by atoms with Crippen molar-refractivity contribution in [2.45, 2.75) is 0 Å². The Balaban J connectivity index is 0.000000512. The molecule has 2 rings (SSSR count). The highest BCUT2D eigenvalue weighted by molar-refractivity contribution is 6.33. The van der Waals surface area contributed by atoms with Crippen LogP contribution in [0.5, 0.6) is 0 Å². The lowest BCUT2D eigenvalue weighted by molar-refractivity contribution is -0.00000629. The fraction of sp³-hybridized carbons (Fsp3) is 0. The summed E-state index contributed by atoms with van der Waals surface area (Å²) >= 11 is 5.82. The molecule has 0 spiro atoms. The Bertz CT molecular complexity index is 556. The Morgan fingerprint density at radius 1 is 1.11 bits per heavy atom. The Labute approximate surface area is 106 Å². The molecule has 0 aliphatic heterocycles. The Morgan fingerprint density at radius 2 is 1.72 bits per heavy atom. The molecule has 2 aromatic rings. The molecule has 94 valence electrons. The lowest BCUT2D eigenvalue weighted by Gasteiger charge is -1.93. The molecule has 0 aromatic heterocycles. The standard InChI is InChI=1S/C10H6ClN2.BF3.FH/c11-8-4-5-9-7(6-8)2-1-3-10(9)13-12;2-1(3)4;/h1-6H;;1H/q+1;;/p-1. The van der Waals surface area contributed by atoms with Crippen LogP contribution in [0.2, 0.25) is 5.02 Å². The second-order valence-corrected chi connectivity index (χ2v) is 3.43. The maximum atomic E-state index is 9.67. The van der Waals surface area contributed by atoms with Crippen molar-refractivity contribution in [1.29, 1.82) is 5.39 Å². The second kappa shape index (κ2) is 7.51. The summed E-state index contributed by atoms with van der Waals surface area (Å²) in [5, 5.41) is 11.3. The Morgan fingerprint density at radius 3 is 2.28 bits per heavy atom. The molecule has 0 heterocycles. The van der Waals surface area contributed by atoms with Crippen molar-refractivity contribution < 1.29 is 17.7 Å². The van der Waals surface area contributed by atoms with E-state index in [1.54, 1.807) is 12.1 Å². The first kappa shape index (κ1) is 16.2. The van der Waals surface area contributed by atoms with Gasteiger partial charge in [-0.15, -0.1) is 0 Å². The smallest absolute Gasteiger partial charge is 0.762 e. The largest absolute Gasteiger partial charge is 1.00 e. The molecule has 0 aliphatic rings. The quantitative estimate of drug-likeness (QED) is 0.410. The zero-order valence-corrected chi connectivity index (χ0v) is 9.58. The Hall–Kier alpha value is -1.81. The van der Waals surface area contributed by atoms with Crippen LogP contribution in [0, 0.1) is 5.39 Å². The van der Waals surface area contributed by atoms with Crippen molar-refractivity contribution in [1.82, 2.24) is 0 Å². The van der Waals surface area contributed by atoms with Crippen LogP contribution in [0.3, 0.4) is 0 Å². The van der Waals surface area contributed by atoms with Gasteiger partial charge in [0.15, 0.2) is 4.98 Å². The van der Waals surface area contributed by atoms with E-state index in [2.05, 4.69) is 4.98 Å². The van der Waals surface area contributed by atoms with E-state index in [0.717, 1.165) is 10.8 Å². The van der Waals surface area contributed by atoms with Gasteiger partial charge in [-0.1, -0.05) is 23.7 Å². The van der Waals surface area contributed by atoms with E-state index in [0.29, 0.717) is 10.7 Å². The van der Waals surface area contributed by atoms with Gasteiger partial charge in [-0.2, -0.15) is 0 Å². The third-order valence-corrected chi connectivity index (χ3v) is 2.16. The molecular formula is C10H6BClF4N2. The molecule has 0 bridgehead atoms. The van der Waals surface area contributed by atoms with E-state index in [4.69, 9.17) is 17.0 Å². The number of diazo groups is 1. The molecule has 0 amide bonds. The molecule has 0 fully saturated rings. The molecule has 8 heteroatoms. The summed E-state index contributed by atoms with van der Waals surface area (Å²) in [6.45, 7) is 0. The zero-order valence-electron chi connectivity index (χ0n) is 8.83. The number of fused-ring (bicyclic) bond motifs is 1. The average molecular weight is 276 g/mol. The summed E-state index contributed by atoms with van der Waals surface area (Å²) < 4.78 is 29.0. The minimum atomic E-state index is -3.67. The molecule has 0 radical (unpaired) electrons. The van der Waals surface area contributed by atoms with Crippen molar-refractivity contribution in [3.8, 4) is 0 Å². The first-order valence-corrected chi connectivity index (χ1v) is 4.88. The van der Waals surface area contributed by atoms with Crippen LogP contribution in [-0.4, -0.2) is 7.54 Å². The van der Waals surface area contributed by atoms with Crippen molar-refractivity contribution >= 4 is 35.6 Å². The molecular weight excluding hydrogens is 270 g/mol. The molecule has 0 saturated carbocycles. The molecule has 2 nitrogen and oxygen atoms in total. The maximum Gasteiger partial charge on any atom is 0.762 e. The zero-order chi connectivity index (χ0) is 12.8. The Kier molecular flexibility index (Phi) is 6.75. The maximum absolute atomic E-state index is 9.67. The highest BCUT2D eigenvalue weighted by Crippen LogP contribution is 2.27. The third kappa shape index (κ3) is 4.59. The lowest BCUT2D eigenvalue weighted by Crippen LogP contribution is -3.00. The van der Waals surface area contributed by atoms with Crippen molar-refractivity contribution in [2.24, 2.45) is 0 Å². The molecule has 2 aromatic carbocycles. The van der Waals surface area contributed by atoms with Gasteiger partial charge in [-0.3, -0.25) is 12.9 Å². The fourth-order valence-electron chi connectivity index (χ4n) is 1.32. The van der Waals surface area contributed by atoms with E-state index in [9.17, 15) is 12.9 Å². The van der Waals surface area contributed by atoms with Crippen LogP contribution in [0.1, 0.15) is 0 Å². The van der Waals surface area contributed by atoms with Gasteiger partial charge in [0.05, 0.1) is 5.39 Å². The number of nitrogens with zero attached hydrogens (tertiary/aromatic N) is 2. The van der Waals surface area contributed by atoms with Crippen LogP contribution >= 0.6 is 11.6 Å². The van der Waals surface area contributed by atoms with Gasteiger partial charge in [0, 0.05) is 11.1 Å². The van der Waals surface area contributed by atoms with Gasteiger partial charge in [0.2, 0.25) is 5.39 Å². The highest BCUT2D eigenvalue weighted by atomic mass is 35.5. The number of hydrogen-bond donors (Lipinski definition) is 0. The molecule has 0 aliphatic carbocycles. The van der Waals surface area contributed by atoms with E-state index in [1.165, 1.54) is 0 Å². The van der Waals surface area contributed by atoms with E-state index in [1.807, 2.05) is 24.3 Å². The first-order chi connectivity index (χ1) is 8.04. The first-order valence-electron chi connectivity index (χ1n) is 4.50. The van der Waals surface area contributed by atoms with Gasteiger partial charge in [-0.05, 0) is 23.6 Å². The van der Waals surface area contributed by atoms with Gasteiger partial charge in [0.25, 0.3) is 0 Å². The van der Waals surface area contributed by atoms with Crippen LogP contribution in [0.15, 0.2) is 36.4 Å². The summed E-state index contributed by atoms with van der Waals surface area (Å²) in [6, 6.07) is 11.0. The SMILES string of the molecule is FB(F)F.N#[N+]c1cccc2cc(Cl)ccc12.[F-]. The summed E-state index contributed by atoms with van der Waals surface area (Å²) in [5.41, 5.74) is 0.564. The topological polar surface area (TPSA) is 28.1 Å². The van der Waals surface area contributed by atoms with Crippen LogP contribution in [0.4, 0.5) is 18.6 Å². The average Bonchev–Trinajstić information content (AvgIpc) is 2.27. The van der Waals surface area contributed by atoms with E-state index < -0.39 is 7.54 Å². The monoisotopic (exact) mass is 276 g/mol. The summed E-state index contributed by atoms with van der Waals surface area (Å²) in [6.07, 6.45) is 0. The summed E-state index contributed by atoms with van der Waals surface area (Å²) in [5.74, 6) is 0. The van der Waals surface area contributed by atoms with Gasteiger partial charge >= 0.3 is 13.2 Å². The predicted molar refractivity (Wildman–Crippen MR) is 62.8 cm³/mol. The minimum Gasteiger partial charge on any atom is -1.00 e. The van der Waals surface area contributed by atoms with Crippen molar-refractivity contribution in [2.75, 3.05) is 0 Å². The second-order valence-electron chi connectivity index (χ2n) is 2.99. The third-order valence-electron chi connectivity index (χ3n) is 1.93. The molecule has 0 unspecified atom stereocenters. The predicted octanol–water partition coefficient (Wildman–Crippen LogP) is 1.86. The van der Waals surface area contributed by atoms with E-state index in [-0.39, 0.29) is 4.70 Å². The van der Waals surface area contributed by atoms with Crippen molar-refractivity contribution in [3.63, 3.8) is 0 Å². The normalized spacial score (nSPS) is 8.61. The molecule has 0 saturated heterocycles. The van der Waals surface area contributed by atoms with Crippen LogP contribution in [-0.2, 0) is 0 Å². The summed E-state index contributed by atoms with van der Waals surface area (Å²) in [7, 11) is -3.67. The van der Waals surface area contributed by atoms with Gasteiger partial charge in [-0.25, -0.2) is 0 Å². The number of halogens is 5. The van der Waals surface area contributed by atoms with Crippen molar-refractivity contribution in [3.05, 3.63) is 46.4 Å². The molecule has 0 atom stereocenters.